The van der Waals surface area contributed by atoms with Crippen molar-refractivity contribution < 1.29 is 9.84 Å². The van der Waals surface area contributed by atoms with Gasteiger partial charge in [-0.3, -0.25) is 0 Å². The number of hydrogen-bond acceptors (Lipinski definition) is 2. The van der Waals surface area contributed by atoms with E-state index in [1.165, 1.54) is 122 Å². The highest BCUT2D eigenvalue weighted by Gasteiger charge is 2.08. The number of aliphatic hydroxyl groups excluding tert-OH is 1. The van der Waals surface area contributed by atoms with E-state index in [0.717, 1.165) is 25.9 Å². The summed E-state index contributed by atoms with van der Waals surface area (Å²) >= 11 is 0. The van der Waals surface area contributed by atoms with E-state index in [1.807, 2.05) is 0 Å². The largest absolute Gasteiger partial charge is 0.396 e. The molecule has 0 fully saturated rings. The van der Waals surface area contributed by atoms with E-state index in [4.69, 9.17) is 9.84 Å². The summed E-state index contributed by atoms with van der Waals surface area (Å²) in [6.07, 6.45) is 30.1. The van der Waals surface area contributed by atoms with Crippen LogP contribution < -0.4 is 0 Å². The highest BCUT2D eigenvalue weighted by Crippen LogP contribution is 2.17. The molecule has 0 heterocycles. The average Bonchev–Trinajstić information content (AvgIpc) is 2.73. The lowest BCUT2D eigenvalue weighted by molar-refractivity contribution is 0.0356. The third-order valence-electron chi connectivity index (χ3n) is 6.17. The van der Waals surface area contributed by atoms with Crippen molar-refractivity contribution in [3.8, 4) is 0 Å². The summed E-state index contributed by atoms with van der Waals surface area (Å²) in [5.74, 6) is 0. The van der Waals surface area contributed by atoms with E-state index in [-0.39, 0.29) is 0 Å². The quantitative estimate of drug-likeness (QED) is 0.152. The Labute approximate surface area is 184 Å². The van der Waals surface area contributed by atoms with Crippen LogP contribution in [0.5, 0.6) is 0 Å². The van der Waals surface area contributed by atoms with Crippen LogP contribution in [0.25, 0.3) is 0 Å². The van der Waals surface area contributed by atoms with E-state index < -0.39 is 0 Å². The fraction of sp³-hybridized carbons (Fsp3) is 1.00. The molecule has 0 spiro atoms. The molecule has 0 aliphatic rings. The van der Waals surface area contributed by atoms with E-state index in [9.17, 15) is 0 Å². The van der Waals surface area contributed by atoms with Crippen molar-refractivity contribution in [1.29, 1.82) is 0 Å². The minimum atomic E-state index is 0.318. The van der Waals surface area contributed by atoms with Gasteiger partial charge in [0.2, 0.25) is 0 Å². The molecule has 176 valence electrons. The first kappa shape index (κ1) is 28.9. The first-order chi connectivity index (χ1) is 14.3. The molecule has 1 atom stereocenters. The molecule has 0 aliphatic heterocycles. The molecule has 2 nitrogen and oxygen atoms in total. The Bertz CT molecular complexity index is 280. The topological polar surface area (TPSA) is 29.5 Å². The molecule has 0 rings (SSSR count). The highest BCUT2D eigenvalue weighted by molar-refractivity contribution is 4.60. The predicted octanol–water partition coefficient (Wildman–Crippen LogP) is 8.99. The third-order valence-corrected chi connectivity index (χ3v) is 6.17. The van der Waals surface area contributed by atoms with Crippen molar-refractivity contribution in [3.63, 3.8) is 0 Å². The molecule has 0 amide bonds. The zero-order valence-corrected chi connectivity index (χ0v) is 20.4. The second kappa shape index (κ2) is 26.0. The SMILES string of the molecule is CCCCCCCCCCCCCCCCCC(CCCC)OCCCCCO. The van der Waals surface area contributed by atoms with Crippen molar-refractivity contribution in [2.24, 2.45) is 0 Å². The van der Waals surface area contributed by atoms with E-state index in [1.54, 1.807) is 0 Å². The van der Waals surface area contributed by atoms with Gasteiger partial charge in [0.1, 0.15) is 0 Å². The summed E-state index contributed by atoms with van der Waals surface area (Å²) in [4.78, 5) is 0. The Morgan fingerprint density at radius 1 is 0.483 bits per heavy atom. The first-order valence-corrected chi connectivity index (χ1v) is 13.6. The Morgan fingerprint density at radius 2 is 0.897 bits per heavy atom. The number of hydrogen-bond donors (Lipinski definition) is 1. The van der Waals surface area contributed by atoms with Crippen LogP contribution in [-0.2, 0) is 4.74 Å². The lowest BCUT2D eigenvalue weighted by Crippen LogP contribution is -2.14. The molecule has 0 aromatic rings. The molecular weight excluding hydrogens is 356 g/mol. The molecule has 0 saturated carbocycles. The monoisotopic (exact) mass is 412 g/mol. The maximum Gasteiger partial charge on any atom is 0.0575 e. The zero-order chi connectivity index (χ0) is 21.3. The molecule has 0 aromatic carbocycles. The maximum atomic E-state index is 8.85. The van der Waals surface area contributed by atoms with Gasteiger partial charge in [-0.1, -0.05) is 123 Å². The van der Waals surface area contributed by atoms with Crippen molar-refractivity contribution in [3.05, 3.63) is 0 Å². The van der Waals surface area contributed by atoms with Gasteiger partial charge >= 0.3 is 0 Å². The van der Waals surface area contributed by atoms with Crippen LogP contribution in [0.4, 0.5) is 0 Å². The molecule has 0 aromatic heterocycles. The van der Waals surface area contributed by atoms with Crippen LogP contribution in [0.2, 0.25) is 0 Å². The number of unbranched alkanes of at least 4 members (excludes halogenated alkanes) is 17. The Hall–Kier alpha value is -0.0800. The highest BCUT2D eigenvalue weighted by atomic mass is 16.5. The Kier molecular flexibility index (Phi) is 25.9. The van der Waals surface area contributed by atoms with Gasteiger partial charge in [-0.05, 0) is 32.1 Å². The zero-order valence-electron chi connectivity index (χ0n) is 20.4. The molecule has 2 heteroatoms. The summed E-state index contributed by atoms with van der Waals surface area (Å²) in [5, 5.41) is 8.85. The number of rotatable bonds is 25. The third kappa shape index (κ3) is 24.1. The summed E-state index contributed by atoms with van der Waals surface area (Å²) in [6.45, 7) is 5.76. The van der Waals surface area contributed by atoms with Gasteiger partial charge in [0.25, 0.3) is 0 Å². The molecule has 1 N–H and O–H groups in total. The van der Waals surface area contributed by atoms with Crippen molar-refractivity contribution in [1.82, 2.24) is 0 Å². The molecule has 0 bridgehead atoms. The van der Waals surface area contributed by atoms with E-state index in [2.05, 4.69) is 13.8 Å². The summed E-state index contributed by atoms with van der Waals surface area (Å²) in [5.41, 5.74) is 0. The van der Waals surface area contributed by atoms with Crippen molar-refractivity contribution >= 4 is 0 Å². The first-order valence-electron chi connectivity index (χ1n) is 13.6. The molecule has 29 heavy (non-hydrogen) atoms. The summed E-state index contributed by atoms with van der Waals surface area (Å²) in [7, 11) is 0. The van der Waals surface area contributed by atoms with E-state index >= 15 is 0 Å². The molecule has 1 unspecified atom stereocenters. The molecule has 0 saturated heterocycles. The van der Waals surface area contributed by atoms with Gasteiger partial charge in [-0.25, -0.2) is 0 Å². The summed E-state index contributed by atoms with van der Waals surface area (Å²) < 4.78 is 6.13. The average molecular weight is 413 g/mol. The van der Waals surface area contributed by atoms with Crippen LogP contribution in [0, 0.1) is 0 Å². The second-order valence-corrected chi connectivity index (χ2v) is 9.16. The maximum absolute atomic E-state index is 8.85. The molecular formula is C27H56O2. The molecule has 0 aliphatic carbocycles. The number of ether oxygens (including phenoxy) is 1. The van der Waals surface area contributed by atoms with Gasteiger partial charge in [0.05, 0.1) is 6.10 Å². The normalized spacial score (nSPS) is 12.5. The summed E-state index contributed by atoms with van der Waals surface area (Å²) in [6, 6.07) is 0. The minimum absolute atomic E-state index is 0.318. The van der Waals surface area contributed by atoms with Crippen LogP contribution in [-0.4, -0.2) is 24.4 Å². The molecule has 0 radical (unpaired) electrons. The van der Waals surface area contributed by atoms with E-state index in [0.29, 0.717) is 12.7 Å². The fourth-order valence-corrected chi connectivity index (χ4v) is 4.13. The van der Waals surface area contributed by atoms with Gasteiger partial charge in [0.15, 0.2) is 0 Å². The Morgan fingerprint density at radius 3 is 1.38 bits per heavy atom. The second-order valence-electron chi connectivity index (χ2n) is 9.16. The predicted molar refractivity (Wildman–Crippen MR) is 130 cm³/mol. The fourth-order valence-electron chi connectivity index (χ4n) is 4.13. The van der Waals surface area contributed by atoms with Crippen LogP contribution >= 0.6 is 0 Å². The van der Waals surface area contributed by atoms with Crippen LogP contribution in [0.1, 0.15) is 155 Å². The van der Waals surface area contributed by atoms with Crippen LogP contribution in [0.3, 0.4) is 0 Å². The minimum Gasteiger partial charge on any atom is -0.396 e. The van der Waals surface area contributed by atoms with Crippen molar-refractivity contribution in [2.75, 3.05) is 13.2 Å². The van der Waals surface area contributed by atoms with Gasteiger partial charge in [-0.15, -0.1) is 0 Å². The van der Waals surface area contributed by atoms with Gasteiger partial charge in [0, 0.05) is 13.2 Å². The number of aliphatic hydroxyl groups is 1. The van der Waals surface area contributed by atoms with Gasteiger partial charge < -0.3 is 9.84 Å². The van der Waals surface area contributed by atoms with Crippen molar-refractivity contribution in [2.45, 2.75) is 161 Å². The lowest BCUT2D eigenvalue weighted by Gasteiger charge is -2.17. The standard InChI is InChI=1S/C27H56O2/c1-3-5-7-8-9-10-11-12-13-14-15-16-17-18-20-24-27(23-6-4-2)29-26-22-19-21-25-28/h27-28H,3-26H2,1-2H3. The Balaban J connectivity index is 3.39. The lowest BCUT2D eigenvalue weighted by atomic mass is 10.0. The smallest absolute Gasteiger partial charge is 0.0575 e. The van der Waals surface area contributed by atoms with Crippen LogP contribution in [0.15, 0.2) is 0 Å². The van der Waals surface area contributed by atoms with Gasteiger partial charge in [-0.2, -0.15) is 0 Å².